The second kappa shape index (κ2) is 11.2. The van der Waals surface area contributed by atoms with Crippen LogP contribution in [0.2, 0.25) is 0 Å². The zero-order valence-electron chi connectivity index (χ0n) is 18.2. The van der Waals surface area contributed by atoms with E-state index in [2.05, 4.69) is 15.5 Å². The first-order valence-corrected chi connectivity index (χ1v) is 11.9. The van der Waals surface area contributed by atoms with Crippen molar-refractivity contribution in [2.45, 2.75) is 55.8 Å². The molecule has 174 valence electrons. The van der Waals surface area contributed by atoms with Crippen molar-refractivity contribution in [2.75, 3.05) is 6.61 Å². The zero-order chi connectivity index (χ0) is 23.0. The van der Waals surface area contributed by atoms with Crippen LogP contribution >= 0.6 is 11.8 Å². The van der Waals surface area contributed by atoms with Gasteiger partial charge in [0.05, 0.1) is 25.5 Å². The Hall–Kier alpha value is -3.11. The molecule has 1 fully saturated rings. The largest absolute Gasteiger partial charge is 0.467 e. The summed E-state index contributed by atoms with van der Waals surface area (Å²) < 4.78 is 13.1. The Morgan fingerprint density at radius 3 is 2.91 bits per heavy atom. The number of carbonyl (C=O) groups is 2. The molecule has 1 aliphatic heterocycles. The molecule has 1 aromatic carbocycles. The van der Waals surface area contributed by atoms with Crippen LogP contribution in [0.3, 0.4) is 0 Å². The SMILES string of the molecule is NC(=O)CCc1nnc(SCc2cccc(C(=O)NCc3ccco3)c2)n1CC1CCCO1. The molecule has 4 rings (SSSR count). The Balaban J connectivity index is 1.40. The van der Waals surface area contributed by atoms with Crippen molar-refractivity contribution in [3.8, 4) is 0 Å². The number of nitrogens with two attached hydrogens (primary N) is 1. The fourth-order valence-corrected chi connectivity index (χ4v) is 4.56. The zero-order valence-corrected chi connectivity index (χ0v) is 19.1. The standard InChI is InChI=1S/C23H27N5O4S/c24-20(29)8-9-21-26-27-23(28(21)14-19-7-3-11-32-19)33-15-16-4-1-5-17(12-16)22(30)25-13-18-6-2-10-31-18/h1-2,4-6,10,12,19H,3,7-9,11,13-15H2,(H2,24,29)(H,25,30). The summed E-state index contributed by atoms with van der Waals surface area (Å²) in [5.74, 6) is 1.54. The summed E-state index contributed by atoms with van der Waals surface area (Å²) in [5.41, 5.74) is 6.90. The van der Waals surface area contributed by atoms with Crippen molar-refractivity contribution in [1.29, 1.82) is 0 Å². The molecule has 2 amide bonds. The first kappa shape index (κ1) is 23.1. The Bertz CT molecular complexity index is 1080. The third kappa shape index (κ3) is 6.45. The van der Waals surface area contributed by atoms with Crippen LogP contribution in [0.15, 0.2) is 52.2 Å². The summed E-state index contributed by atoms with van der Waals surface area (Å²) >= 11 is 1.54. The molecule has 0 aliphatic carbocycles. The average Bonchev–Trinajstić information content (AvgIpc) is 3.58. The normalized spacial score (nSPS) is 15.6. The number of aryl methyl sites for hydroxylation is 1. The van der Waals surface area contributed by atoms with E-state index in [1.807, 2.05) is 28.8 Å². The number of hydrogen-bond acceptors (Lipinski definition) is 7. The van der Waals surface area contributed by atoms with Crippen molar-refractivity contribution < 1.29 is 18.7 Å². The molecule has 1 aliphatic rings. The smallest absolute Gasteiger partial charge is 0.251 e. The Morgan fingerprint density at radius 2 is 2.15 bits per heavy atom. The second-order valence-electron chi connectivity index (χ2n) is 7.86. The molecule has 2 aromatic heterocycles. The predicted molar refractivity (Wildman–Crippen MR) is 122 cm³/mol. The van der Waals surface area contributed by atoms with Crippen LogP contribution in [-0.2, 0) is 34.8 Å². The molecule has 33 heavy (non-hydrogen) atoms. The summed E-state index contributed by atoms with van der Waals surface area (Å²) in [5, 5.41) is 12.3. The fourth-order valence-electron chi connectivity index (χ4n) is 3.65. The molecule has 1 atom stereocenters. The third-order valence-electron chi connectivity index (χ3n) is 5.36. The van der Waals surface area contributed by atoms with Gasteiger partial charge in [-0.3, -0.25) is 9.59 Å². The first-order chi connectivity index (χ1) is 16.1. The highest BCUT2D eigenvalue weighted by Gasteiger charge is 2.21. The minimum Gasteiger partial charge on any atom is -0.467 e. The number of furan rings is 1. The topological polar surface area (TPSA) is 125 Å². The molecule has 9 nitrogen and oxygen atoms in total. The Kier molecular flexibility index (Phi) is 7.79. The van der Waals surface area contributed by atoms with E-state index in [-0.39, 0.29) is 24.3 Å². The molecule has 0 radical (unpaired) electrons. The lowest BCUT2D eigenvalue weighted by Gasteiger charge is -2.14. The molecule has 0 spiro atoms. The lowest BCUT2D eigenvalue weighted by molar-refractivity contribution is -0.118. The van der Waals surface area contributed by atoms with E-state index in [1.54, 1.807) is 30.2 Å². The number of benzene rings is 1. The van der Waals surface area contributed by atoms with Gasteiger partial charge in [0.2, 0.25) is 5.91 Å². The van der Waals surface area contributed by atoms with E-state index in [0.29, 0.717) is 36.6 Å². The Morgan fingerprint density at radius 1 is 1.24 bits per heavy atom. The summed E-state index contributed by atoms with van der Waals surface area (Å²) in [6.07, 6.45) is 4.41. The van der Waals surface area contributed by atoms with Gasteiger partial charge >= 0.3 is 0 Å². The van der Waals surface area contributed by atoms with E-state index in [9.17, 15) is 9.59 Å². The van der Waals surface area contributed by atoms with E-state index < -0.39 is 0 Å². The molecular weight excluding hydrogens is 442 g/mol. The molecule has 3 aromatic rings. The maximum atomic E-state index is 12.5. The highest BCUT2D eigenvalue weighted by Crippen LogP contribution is 2.25. The van der Waals surface area contributed by atoms with Crippen LogP contribution in [0.1, 0.15) is 46.8 Å². The minimum absolute atomic E-state index is 0.119. The number of ether oxygens (including phenoxy) is 1. The Labute approximate surface area is 196 Å². The number of rotatable bonds is 11. The van der Waals surface area contributed by atoms with Crippen LogP contribution in [-0.4, -0.2) is 39.3 Å². The number of primary amides is 1. The number of thioether (sulfide) groups is 1. The molecule has 1 saturated heterocycles. The molecule has 3 heterocycles. The summed E-state index contributed by atoms with van der Waals surface area (Å²) in [4.78, 5) is 23.7. The summed E-state index contributed by atoms with van der Waals surface area (Å²) in [7, 11) is 0. The first-order valence-electron chi connectivity index (χ1n) is 10.9. The van der Waals surface area contributed by atoms with Gasteiger partial charge in [-0.15, -0.1) is 10.2 Å². The van der Waals surface area contributed by atoms with Gasteiger partial charge in [0.15, 0.2) is 5.16 Å². The van der Waals surface area contributed by atoms with Crippen molar-refractivity contribution in [3.05, 3.63) is 65.4 Å². The number of hydrogen-bond donors (Lipinski definition) is 2. The van der Waals surface area contributed by atoms with Gasteiger partial charge in [0.25, 0.3) is 5.91 Å². The van der Waals surface area contributed by atoms with Crippen LogP contribution in [0.5, 0.6) is 0 Å². The van der Waals surface area contributed by atoms with Gasteiger partial charge in [0.1, 0.15) is 11.6 Å². The van der Waals surface area contributed by atoms with Gasteiger partial charge in [-0.1, -0.05) is 23.9 Å². The van der Waals surface area contributed by atoms with Crippen molar-refractivity contribution in [1.82, 2.24) is 20.1 Å². The molecule has 10 heteroatoms. The second-order valence-corrected chi connectivity index (χ2v) is 8.80. The average molecular weight is 470 g/mol. The number of amides is 2. The van der Waals surface area contributed by atoms with E-state index in [4.69, 9.17) is 14.9 Å². The molecule has 0 bridgehead atoms. The third-order valence-corrected chi connectivity index (χ3v) is 6.40. The highest BCUT2D eigenvalue weighted by atomic mass is 32.2. The molecular formula is C23H27N5O4S. The van der Waals surface area contributed by atoms with Crippen molar-refractivity contribution in [3.63, 3.8) is 0 Å². The van der Waals surface area contributed by atoms with Crippen LogP contribution < -0.4 is 11.1 Å². The quantitative estimate of drug-likeness (QED) is 0.414. The van der Waals surface area contributed by atoms with Crippen molar-refractivity contribution in [2.24, 2.45) is 5.73 Å². The summed E-state index contributed by atoms with van der Waals surface area (Å²) in [6, 6.07) is 11.1. The van der Waals surface area contributed by atoms with Crippen LogP contribution in [0.4, 0.5) is 0 Å². The van der Waals surface area contributed by atoms with Gasteiger partial charge in [0, 0.05) is 30.8 Å². The van der Waals surface area contributed by atoms with Crippen molar-refractivity contribution >= 4 is 23.6 Å². The maximum Gasteiger partial charge on any atom is 0.251 e. The number of aromatic nitrogens is 3. The molecule has 1 unspecified atom stereocenters. The number of nitrogens with zero attached hydrogens (tertiary/aromatic N) is 3. The summed E-state index contributed by atoms with van der Waals surface area (Å²) in [6.45, 7) is 1.75. The van der Waals surface area contributed by atoms with Crippen LogP contribution in [0, 0.1) is 0 Å². The van der Waals surface area contributed by atoms with E-state index >= 15 is 0 Å². The maximum absolute atomic E-state index is 12.5. The minimum atomic E-state index is -0.363. The van der Waals surface area contributed by atoms with E-state index in [0.717, 1.165) is 36.0 Å². The van der Waals surface area contributed by atoms with Gasteiger partial charge in [-0.25, -0.2) is 0 Å². The monoisotopic (exact) mass is 469 g/mol. The van der Waals surface area contributed by atoms with Gasteiger partial charge in [-0.05, 0) is 42.7 Å². The van der Waals surface area contributed by atoms with E-state index in [1.165, 1.54) is 0 Å². The lowest BCUT2D eigenvalue weighted by atomic mass is 10.1. The lowest BCUT2D eigenvalue weighted by Crippen LogP contribution is -2.22. The number of carbonyl (C=O) groups excluding carboxylic acids is 2. The molecule has 3 N–H and O–H groups in total. The highest BCUT2D eigenvalue weighted by molar-refractivity contribution is 7.98. The van der Waals surface area contributed by atoms with Gasteiger partial charge < -0.3 is 24.8 Å². The van der Waals surface area contributed by atoms with Crippen LogP contribution in [0.25, 0.3) is 0 Å². The van der Waals surface area contributed by atoms with Gasteiger partial charge in [-0.2, -0.15) is 0 Å². The number of nitrogens with one attached hydrogen (secondary N) is 1. The molecule has 0 saturated carbocycles. The fraction of sp³-hybridized carbons (Fsp3) is 0.391. The predicted octanol–water partition coefficient (Wildman–Crippen LogP) is 2.69.